The second kappa shape index (κ2) is 7.37. The molecule has 2 aliphatic rings. The van der Waals surface area contributed by atoms with E-state index in [1.54, 1.807) is 0 Å². The lowest BCUT2D eigenvalue weighted by atomic mass is 10.0. The van der Waals surface area contributed by atoms with E-state index < -0.39 is 27.4 Å². The number of Topliss-reactive ketones (excluding diaryl/α,β-unsaturated/α-hetero) is 1. The van der Waals surface area contributed by atoms with Gasteiger partial charge in [-0.2, -0.15) is 4.31 Å². The van der Waals surface area contributed by atoms with E-state index >= 15 is 0 Å². The van der Waals surface area contributed by atoms with Gasteiger partial charge in [0.25, 0.3) is 11.7 Å². The predicted molar refractivity (Wildman–Crippen MR) is 107 cm³/mol. The Kier molecular flexibility index (Phi) is 5.02. The highest BCUT2D eigenvalue weighted by Crippen LogP contribution is 2.39. The Labute approximate surface area is 169 Å². The molecule has 2 aliphatic heterocycles. The van der Waals surface area contributed by atoms with Crippen LogP contribution in [0.15, 0.2) is 53.4 Å². The molecule has 8 heteroatoms. The van der Waals surface area contributed by atoms with Crippen LogP contribution in [-0.4, -0.2) is 43.8 Å². The largest absolute Gasteiger partial charge is 0.363 e. The Balaban J connectivity index is 1.65. The number of aryl methyl sites for hydroxylation is 1. The molecule has 2 heterocycles. The number of anilines is 1. The first-order chi connectivity index (χ1) is 13.9. The molecule has 0 radical (unpaired) electrons. The van der Waals surface area contributed by atoms with Crippen LogP contribution in [0.2, 0.25) is 0 Å². The number of methoxy groups -OCH3 is 1. The van der Waals surface area contributed by atoms with E-state index in [0.29, 0.717) is 37.9 Å². The third-order valence-electron chi connectivity index (χ3n) is 5.69. The second-order valence-corrected chi connectivity index (χ2v) is 9.17. The molecule has 2 aromatic rings. The van der Waals surface area contributed by atoms with Crippen molar-refractivity contribution < 1.29 is 22.7 Å². The minimum Gasteiger partial charge on any atom is -0.363 e. The molecule has 1 amide bonds. The molecule has 2 aromatic carbocycles. The van der Waals surface area contributed by atoms with Crippen LogP contribution in [0.25, 0.3) is 0 Å². The maximum absolute atomic E-state index is 13.4. The summed E-state index contributed by atoms with van der Waals surface area (Å²) in [4.78, 5) is 23.6. The molecule has 0 saturated carbocycles. The molecule has 1 unspecified atom stereocenters. The molecule has 0 aromatic heterocycles. The second-order valence-electron chi connectivity index (χ2n) is 7.31. The first-order valence-electron chi connectivity index (χ1n) is 9.49. The summed E-state index contributed by atoms with van der Waals surface area (Å²) in [5, 5.41) is 2.44. The van der Waals surface area contributed by atoms with Crippen molar-refractivity contribution in [1.82, 2.24) is 4.31 Å². The topological polar surface area (TPSA) is 92.8 Å². The van der Waals surface area contributed by atoms with Crippen molar-refractivity contribution in [2.45, 2.75) is 36.3 Å². The summed E-state index contributed by atoms with van der Waals surface area (Å²) in [5.41, 5.74) is 0.595. The van der Waals surface area contributed by atoms with E-state index in [1.165, 1.54) is 29.6 Å². The normalized spacial score (nSPS) is 22.0. The number of fused-ring (bicyclic) bond motifs is 1. The van der Waals surface area contributed by atoms with Crippen molar-refractivity contribution in [2.24, 2.45) is 0 Å². The molecular formula is C21H22N2O5S. The molecule has 0 bridgehead atoms. The van der Waals surface area contributed by atoms with E-state index in [0.717, 1.165) is 5.56 Å². The molecule has 1 saturated heterocycles. The summed E-state index contributed by atoms with van der Waals surface area (Å²) in [6.45, 7) is 0.340. The molecule has 4 rings (SSSR count). The van der Waals surface area contributed by atoms with Crippen LogP contribution in [0.5, 0.6) is 0 Å². The Morgan fingerprint density at radius 3 is 2.62 bits per heavy atom. The monoisotopic (exact) mass is 414 g/mol. The van der Waals surface area contributed by atoms with E-state index in [1.807, 2.05) is 30.3 Å². The first-order valence-corrected chi connectivity index (χ1v) is 10.9. The number of amides is 1. The lowest BCUT2D eigenvalue weighted by Crippen LogP contribution is -2.49. The van der Waals surface area contributed by atoms with Crippen molar-refractivity contribution in [1.29, 1.82) is 0 Å². The van der Waals surface area contributed by atoms with Gasteiger partial charge in [0.2, 0.25) is 10.0 Å². The van der Waals surface area contributed by atoms with Gasteiger partial charge in [-0.1, -0.05) is 30.3 Å². The van der Waals surface area contributed by atoms with Gasteiger partial charge in [-0.3, -0.25) is 9.59 Å². The average Bonchev–Trinajstić information content (AvgIpc) is 3.29. The van der Waals surface area contributed by atoms with E-state index in [-0.39, 0.29) is 10.5 Å². The van der Waals surface area contributed by atoms with Crippen LogP contribution in [0, 0.1) is 0 Å². The summed E-state index contributed by atoms with van der Waals surface area (Å²) in [5.74, 6) is -1.47. The molecule has 0 spiro atoms. The van der Waals surface area contributed by atoms with Crippen LogP contribution in [0.3, 0.4) is 0 Å². The van der Waals surface area contributed by atoms with Crippen molar-refractivity contribution in [3.63, 3.8) is 0 Å². The lowest BCUT2D eigenvalue weighted by Gasteiger charge is -2.36. The molecule has 29 heavy (non-hydrogen) atoms. The maximum Gasteiger partial charge on any atom is 0.296 e. The van der Waals surface area contributed by atoms with Gasteiger partial charge in [-0.05, 0) is 49.4 Å². The minimum absolute atomic E-state index is 0.0101. The summed E-state index contributed by atoms with van der Waals surface area (Å²) in [6.07, 6.45) is 2.49. The van der Waals surface area contributed by atoms with Gasteiger partial charge >= 0.3 is 0 Å². The standard InChI is InChI=1S/C21H22N2O5S/c1-28-21(12-10-15-6-3-2-4-7-15)11-5-13-23(21)29(26,27)16-8-9-18-17(14-16)19(24)20(25)22-18/h2-4,6-9,14H,5,10-13H2,1H3,(H,22,24,25). The highest BCUT2D eigenvalue weighted by Gasteiger charge is 2.48. The van der Waals surface area contributed by atoms with Crippen molar-refractivity contribution in [3.8, 4) is 0 Å². The van der Waals surface area contributed by atoms with E-state index in [4.69, 9.17) is 4.74 Å². The van der Waals surface area contributed by atoms with E-state index in [9.17, 15) is 18.0 Å². The summed E-state index contributed by atoms with van der Waals surface area (Å²) < 4.78 is 34.1. The zero-order valence-electron chi connectivity index (χ0n) is 16.1. The maximum atomic E-state index is 13.4. The van der Waals surface area contributed by atoms with Gasteiger partial charge in [0.05, 0.1) is 16.1 Å². The fourth-order valence-electron chi connectivity index (χ4n) is 4.12. The summed E-state index contributed by atoms with van der Waals surface area (Å²) in [6, 6.07) is 14.0. The number of rotatable bonds is 6. The van der Waals surface area contributed by atoms with Crippen LogP contribution in [-0.2, 0) is 26.0 Å². The van der Waals surface area contributed by atoms with Crippen LogP contribution in [0.4, 0.5) is 5.69 Å². The summed E-state index contributed by atoms with van der Waals surface area (Å²) in [7, 11) is -2.37. The molecular weight excluding hydrogens is 392 g/mol. The predicted octanol–water partition coefficient (Wildman–Crippen LogP) is 2.58. The smallest absolute Gasteiger partial charge is 0.296 e. The van der Waals surface area contributed by atoms with Gasteiger partial charge in [-0.15, -0.1) is 0 Å². The number of hydrogen-bond acceptors (Lipinski definition) is 5. The Bertz CT molecular complexity index is 1070. The van der Waals surface area contributed by atoms with Crippen LogP contribution >= 0.6 is 0 Å². The number of nitrogens with zero attached hydrogens (tertiary/aromatic N) is 1. The Morgan fingerprint density at radius 1 is 1.14 bits per heavy atom. The number of ketones is 1. The third-order valence-corrected chi connectivity index (χ3v) is 7.63. The number of sulfonamides is 1. The van der Waals surface area contributed by atoms with Gasteiger partial charge in [0.1, 0.15) is 5.72 Å². The minimum atomic E-state index is -3.91. The zero-order valence-corrected chi connectivity index (χ0v) is 16.9. The summed E-state index contributed by atoms with van der Waals surface area (Å²) >= 11 is 0. The number of ether oxygens (including phenoxy) is 1. The quantitative estimate of drug-likeness (QED) is 0.734. The third kappa shape index (κ3) is 3.37. The van der Waals surface area contributed by atoms with Crippen LogP contribution in [0.1, 0.15) is 35.2 Å². The molecule has 0 aliphatic carbocycles. The SMILES string of the molecule is COC1(CCc2ccccc2)CCCN1S(=O)(=O)c1ccc2c(c1)C(=O)C(=O)N2. The first kappa shape index (κ1) is 19.8. The van der Waals surface area contributed by atoms with E-state index in [2.05, 4.69) is 5.32 Å². The number of benzene rings is 2. The van der Waals surface area contributed by atoms with Gasteiger partial charge < -0.3 is 10.1 Å². The van der Waals surface area contributed by atoms with Crippen molar-refractivity contribution >= 4 is 27.4 Å². The Morgan fingerprint density at radius 2 is 1.90 bits per heavy atom. The average molecular weight is 414 g/mol. The molecule has 152 valence electrons. The lowest BCUT2D eigenvalue weighted by molar-refractivity contribution is -0.112. The van der Waals surface area contributed by atoms with Gasteiger partial charge in [0.15, 0.2) is 0 Å². The molecule has 1 atom stereocenters. The van der Waals surface area contributed by atoms with Gasteiger partial charge in [0, 0.05) is 13.7 Å². The molecule has 1 fully saturated rings. The fourth-order valence-corrected chi connectivity index (χ4v) is 5.94. The number of nitrogens with one attached hydrogen (secondary N) is 1. The van der Waals surface area contributed by atoms with Crippen LogP contribution < -0.4 is 5.32 Å². The number of hydrogen-bond donors (Lipinski definition) is 1. The van der Waals surface area contributed by atoms with Gasteiger partial charge in [-0.25, -0.2) is 8.42 Å². The number of carbonyl (C=O) groups is 2. The highest BCUT2D eigenvalue weighted by molar-refractivity contribution is 7.89. The van der Waals surface area contributed by atoms with Crippen molar-refractivity contribution in [3.05, 3.63) is 59.7 Å². The fraction of sp³-hybridized carbons (Fsp3) is 0.333. The van der Waals surface area contributed by atoms with Crippen molar-refractivity contribution in [2.75, 3.05) is 19.0 Å². The highest BCUT2D eigenvalue weighted by atomic mass is 32.2. The Hall–Kier alpha value is -2.55. The number of carbonyl (C=O) groups excluding carboxylic acids is 2. The molecule has 1 N–H and O–H groups in total. The molecule has 7 nitrogen and oxygen atoms in total. The zero-order chi connectivity index (χ0) is 20.6.